The molecule has 0 unspecified atom stereocenters. The first-order valence-corrected chi connectivity index (χ1v) is 7.88. The lowest BCUT2D eigenvalue weighted by Gasteiger charge is -2.36. The molecule has 0 saturated carbocycles. The summed E-state index contributed by atoms with van der Waals surface area (Å²) in [5.74, 6) is 1.43. The fraction of sp³-hybridized carbons (Fsp3) is 0.235. The third-order valence-corrected chi connectivity index (χ3v) is 4.17. The third-order valence-electron chi connectivity index (χ3n) is 4.17. The van der Waals surface area contributed by atoms with Crippen LogP contribution in [0.25, 0.3) is 5.82 Å². The van der Waals surface area contributed by atoms with Gasteiger partial charge in [-0.25, -0.2) is 19.0 Å². The first-order valence-electron chi connectivity index (χ1n) is 7.88. The van der Waals surface area contributed by atoms with Crippen LogP contribution in [0.1, 0.15) is 0 Å². The van der Waals surface area contributed by atoms with Gasteiger partial charge in [-0.3, -0.25) is 0 Å². The second-order valence-electron chi connectivity index (χ2n) is 5.61. The summed E-state index contributed by atoms with van der Waals surface area (Å²) >= 11 is 0. The number of anilines is 2. The number of benzene rings is 1. The number of halogens is 1. The maximum atomic E-state index is 13.9. The van der Waals surface area contributed by atoms with Crippen molar-refractivity contribution in [3.63, 3.8) is 0 Å². The summed E-state index contributed by atoms with van der Waals surface area (Å²) in [4.78, 5) is 12.9. The second-order valence-corrected chi connectivity index (χ2v) is 5.61. The summed E-state index contributed by atoms with van der Waals surface area (Å²) in [6.45, 7) is 3.07. The largest absolute Gasteiger partial charge is 0.366 e. The molecule has 6 nitrogen and oxygen atoms in total. The van der Waals surface area contributed by atoms with E-state index in [-0.39, 0.29) is 5.82 Å². The second kappa shape index (κ2) is 6.27. The molecule has 2 aromatic heterocycles. The number of hydrogen-bond donors (Lipinski definition) is 0. The first kappa shape index (κ1) is 14.6. The Morgan fingerprint density at radius 3 is 2.38 bits per heavy atom. The quantitative estimate of drug-likeness (QED) is 0.739. The monoisotopic (exact) mass is 324 g/mol. The molecular weight excluding hydrogens is 307 g/mol. The highest BCUT2D eigenvalue weighted by Crippen LogP contribution is 2.22. The molecule has 0 bridgehead atoms. The molecule has 0 radical (unpaired) electrons. The van der Waals surface area contributed by atoms with E-state index in [9.17, 15) is 4.39 Å². The molecule has 0 aliphatic carbocycles. The van der Waals surface area contributed by atoms with Crippen molar-refractivity contribution in [3.8, 4) is 5.82 Å². The molecule has 1 aromatic carbocycles. The molecular formula is C17H17FN6. The highest BCUT2D eigenvalue weighted by Gasteiger charge is 2.20. The van der Waals surface area contributed by atoms with Gasteiger partial charge >= 0.3 is 0 Å². The van der Waals surface area contributed by atoms with Crippen LogP contribution in [-0.4, -0.2) is 45.9 Å². The third kappa shape index (κ3) is 2.80. The fourth-order valence-electron chi connectivity index (χ4n) is 2.92. The Hall–Kier alpha value is -2.96. The zero-order valence-electron chi connectivity index (χ0n) is 13.1. The standard InChI is InChI=1S/C17H17FN6/c18-14-4-1-2-5-15(14)22-8-10-23(11-9-22)16-12-17(20-13-19-16)24-7-3-6-21-24/h1-7,12-13H,8-11H2. The average molecular weight is 324 g/mol. The Morgan fingerprint density at radius 1 is 0.875 bits per heavy atom. The van der Waals surface area contributed by atoms with Crippen LogP contribution < -0.4 is 9.80 Å². The molecule has 1 aliphatic rings. The summed E-state index contributed by atoms with van der Waals surface area (Å²) in [6.07, 6.45) is 5.12. The SMILES string of the molecule is Fc1ccccc1N1CCN(c2cc(-n3cccn3)ncn2)CC1. The van der Waals surface area contributed by atoms with E-state index < -0.39 is 0 Å². The van der Waals surface area contributed by atoms with Crippen molar-refractivity contribution in [2.24, 2.45) is 0 Å². The number of para-hydroxylation sites is 1. The Labute approximate surface area is 139 Å². The molecule has 4 rings (SSSR count). The Morgan fingerprint density at radius 2 is 1.62 bits per heavy atom. The Balaban J connectivity index is 1.48. The van der Waals surface area contributed by atoms with E-state index in [1.54, 1.807) is 23.3 Å². The van der Waals surface area contributed by atoms with Gasteiger partial charge in [0.2, 0.25) is 0 Å². The van der Waals surface area contributed by atoms with Gasteiger partial charge in [-0.15, -0.1) is 0 Å². The Kier molecular flexibility index (Phi) is 3.82. The van der Waals surface area contributed by atoms with E-state index in [4.69, 9.17) is 0 Å². The van der Waals surface area contributed by atoms with Gasteiger partial charge in [0.15, 0.2) is 5.82 Å². The van der Waals surface area contributed by atoms with Gasteiger partial charge in [0, 0.05) is 44.6 Å². The van der Waals surface area contributed by atoms with Gasteiger partial charge in [0.05, 0.1) is 5.69 Å². The first-order chi connectivity index (χ1) is 11.8. The van der Waals surface area contributed by atoms with Crippen LogP contribution >= 0.6 is 0 Å². The van der Waals surface area contributed by atoms with E-state index in [1.165, 1.54) is 6.07 Å². The lowest BCUT2D eigenvalue weighted by Crippen LogP contribution is -2.47. The van der Waals surface area contributed by atoms with E-state index >= 15 is 0 Å². The normalized spacial score (nSPS) is 14.9. The maximum absolute atomic E-state index is 13.9. The Bertz CT molecular complexity index is 811. The van der Waals surface area contributed by atoms with E-state index in [0.717, 1.165) is 37.8 Å². The van der Waals surface area contributed by atoms with Crippen molar-refractivity contribution in [1.29, 1.82) is 0 Å². The van der Waals surface area contributed by atoms with Crippen molar-refractivity contribution in [1.82, 2.24) is 19.7 Å². The summed E-state index contributed by atoms with van der Waals surface area (Å²) in [5, 5.41) is 4.19. The van der Waals surface area contributed by atoms with Crippen molar-refractivity contribution in [3.05, 3.63) is 60.9 Å². The molecule has 24 heavy (non-hydrogen) atoms. The molecule has 1 fully saturated rings. The molecule has 122 valence electrons. The number of piperazine rings is 1. The van der Waals surface area contributed by atoms with E-state index in [2.05, 4.69) is 24.9 Å². The minimum Gasteiger partial charge on any atom is -0.366 e. The zero-order chi connectivity index (χ0) is 16.4. The van der Waals surface area contributed by atoms with Crippen LogP contribution in [-0.2, 0) is 0 Å². The average Bonchev–Trinajstić information content (AvgIpc) is 3.17. The lowest BCUT2D eigenvalue weighted by molar-refractivity contribution is 0.596. The zero-order valence-corrected chi connectivity index (χ0v) is 13.1. The van der Waals surface area contributed by atoms with Crippen LogP contribution in [0.2, 0.25) is 0 Å². The highest BCUT2D eigenvalue weighted by atomic mass is 19.1. The molecule has 3 aromatic rings. The topological polar surface area (TPSA) is 50.1 Å². The van der Waals surface area contributed by atoms with Crippen molar-refractivity contribution < 1.29 is 4.39 Å². The van der Waals surface area contributed by atoms with Gasteiger partial charge in [-0.05, 0) is 18.2 Å². The minimum absolute atomic E-state index is 0.172. The summed E-state index contributed by atoms with van der Waals surface area (Å²) in [7, 11) is 0. The summed E-state index contributed by atoms with van der Waals surface area (Å²) in [6, 6.07) is 10.7. The van der Waals surface area contributed by atoms with Gasteiger partial charge < -0.3 is 9.80 Å². The molecule has 0 atom stereocenters. The van der Waals surface area contributed by atoms with Gasteiger partial charge in [-0.2, -0.15) is 5.10 Å². The number of rotatable bonds is 3. The molecule has 0 amide bonds. The summed E-state index contributed by atoms with van der Waals surface area (Å²) < 4.78 is 15.6. The van der Waals surface area contributed by atoms with Gasteiger partial charge in [0.25, 0.3) is 0 Å². The number of hydrogen-bond acceptors (Lipinski definition) is 5. The molecule has 3 heterocycles. The van der Waals surface area contributed by atoms with Crippen LogP contribution in [0.4, 0.5) is 15.9 Å². The van der Waals surface area contributed by atoms with Crippen LogP contribution in [0.15, 0.2) is 55.1 Å². The van der Waals surface area contributed by atoms with Gasteiger partial charge in [0.1, 0.15) is 18.0 Å². The van der Waals surface area contributed by atoms with Crippen LogP contribution in [0, 0.1) is 5.82 Å². The highest BCUT2D eigenvalue weighted by molar-refractivity contribution is 5.51. The maximum Gasteiger partial charge on any atom is 0.158 e. The number of aromatic nitrogens is 4. The van der Waals surface area contributed by atoms with Crippen molar-refractivity contribution >= 4 is 11.5 Å². The summed E-state index contributed by atoms with van der Waals surface area (Å²) in [5.41, 5.74) is 0.664. The molecule has 0 N–H and O–H groups in total. The molecule has 1 aliphatic heterocycles. The molecule has 0 spiro atoms. The van der Waals surface area contributed by atoms with E-state index in [0.29, 0.717) is 5.69 Å². The minimum atomic E-state index is -0.172. The predicted molar refractivity (Wildman–Crippen MR) is 90.0 cm³/mol. The smallest absolute Gasteiger partial charge is 0.158 e. The molecule has 7 heteroatoms. The molecule has 1 saturated heterocycles. The van der Waals surface area contributed by atoms with Crippen molar-refractivity contribution in [2.45, 2.75) is 0 Å². The lowest BCUT2D eigenvalue weighted by atomic mass is 10.2. The fourth-order valence-corrected chi connectivity index (χ4v) is 2.92. The van der Waals surface area contributed by atoms with Crippen LogP contribution in [0.3, 0.4) is 0 Å². The number of nitrogens with zero attached hydrogens (tertiary/aromatic N) is 6. The van der Waals surface area contributed by atoms with Crippen molar-refractivity contribution in [2.75, 3.05) is 36.0 Å². The van der Waals surface area contributed by atoms with Gasteiger partial charge in [-0.1, -0.05) is 12.1 Å². The van der Waals surface area contributed by atoms with Crippen LogP contribution in [0.5, 0.6) is 0 Å². The van der Waals surface area contributed by atoms with E-state index in [1.807, 2.05) is 30.5 Å². The predicted octanol–water partition coefficient (Wildman–Crippen LogP) is 2.13.